The van der Waals surface area contributed by atoms with Crippen molar-refractivity contribution in [2.75, 3.05) is 33.9 Å². The topological polar surface area (TPSA) is 99.4 Å². The number of aryl methyl sites for hydroxylation is 1. The second-order valence-corrected chi connectivity index (χ2v) is 8.71. The molecule has 0 spiro atoms. The lowest BCUT2D eigenvalue weighted by Gasteiger charge is -2.21. The highest BCUT2D eigenvalue weighted by atomic mass is 16.5. The first-order valence-corrected chi connectivity index (χ1v) is 11.6. The number of pyridine rings is 1. The van der Waals surface area contributed by atoms with Crippen molar-refractivity contribution >= 4 is 27.7 Å². The van der Waals surface area contributed by atoms with Crippen LogP contribution in [0.5, 0.6) is 11.5 Å². The summed E-state index contributed by atoms with van der Waals surface area (Å²) >= 11 is 0. The third-order valence-electron chi connectivity index (χ3n) is 6.57. The minimum absolute atomic E-state index is 0.0305. The zero-order chi connectivity index (χ0) is 23.4. The number of amides is 1. The van der Waals surface area contributed by atoms with Crippen LogP contribution in [0.2, 0.25) is 0 Å². The summed E-state index contributed by atoms with van der Waals surface area (Å²) in [5.41, 5.74) is 1.11. The normalized spacial score (nSPS) is 14.6. The molecule has 1 fully saturated rings. The van der Waals surface area contributed by atoms with Crippen LogP contribution in [0.15, 0.2) is 23.1 Å². The van der Waals surface area contributed by atoms with Crippen molar-refractivity contribution in [3.63, 3.8) is 0 Å². The van der Waals surface area contributed by atoms with E-state index in [-0.39, 0.29) is 18.0 Å². The highest BCUT2D eigenvalue weighted by Gasteiger charge is 2.18. The molecular formula is C24H33N5O4. The van der Waals surface area contributed by atoms with Crippen LogP contribution in [0.25, 0.3) is 21.8 Å². The molecule has 1 aliphatic carbocycles. The molecular weight excluding hydrogens is 422 g/mol. The van der Waals surface area contributed by atoms with Gasteiger partial charge >= 0.3 is 0 Å². The minimum Gasteiger partial charge on any atom is -0.493 e. The van der Waals surface area contributed by atoms with Gasteiger partial charge in [-0.1, -0.05) is 19.3 Å². The standard InChI is InChI=1S/C24H33N5O4/c1-28-19-12-21(33-3)20(32-2)11-17(19)23-18(24(28)31)14-27-29(23)15-22(30)26-10-9-25-13-16-7-5-4-6-8-16/h11-12,14,16,25H,4-10,13,15H2,1-3H3,(H,26,30). The van der Waals surface area contributed by atoms with Gasteiger partial charge < -0.3 is 24.7 Å². The zero-order valence-corrected chi connectivity index (χ0v) is 19.6. The molecule has 0 radical (unpaired) electrons. The Hall–Kier alpha value is -3.07. The molecule has 1 saturated carbocycles. The second-order valence-electron chi connectivity index (χ2n) is 8.71. The van der Waals surface area contributed by atoms with E-state index in [1.807, 2.05) is 6.07 Å². The van der Waals surface area contributed by atoms with Crippen molar-refractivity contribution in [2.24, 2.45) is 13.0 Å². The van der Waals surface area contributed by atoms with Crippen LogP contribution < -0.4 is 25.7 Å². The minimum atomic E-state index is -0.178. The number of hydrogen-bond acceptors (Lipinski definition) is 6. The zero-order valence-electron chi connectivity index (χ0n) is 19.6. The fraction of sp³-hybridized carbons (Fsp3) is 0.542. The summed E-state index contributed by atoms with van der Waals surface area (Å²) in [7, 11) is 4.83. The number of rotatable bonds is 9. The molecule has 9 nitrogen and oxygen atoms in total. The van der Waals surface area contributed by atoms with E-state index in [1.165, 1.54) is 38.3 Å². The van der Waals surface area contributed by atoms with Gasteiger partial charge in [0.1, 0.15) is 6.54 Å². The predicted molar refractivity (Wildman–Crippen MR) is 128 cm³/mol. The second kappa shape index (κ2) is 10.2. The lowest BCUT2D eigenvalue weighted by molar-refractivity contribution is -0.121. The number of hydrogen-bond donors (Lipinski definition) is 2. The Kier molecular flexibility index (Phi) is 7.17. The summed E-state index contributed by atoms with van der Waals surface area (Å²) in [6.07, 6.45) is 8.14. The predicted octanol–water partition coefficient (Wildman–Crippen LogP) is 2.19. The van der Waals surface area contributed by atoms with E-state index >= 15 is 0 Å². The average Bonchev–Trinajstić information content (AvgIpc) is 3.25. The first-order chi connectivity index (χ1) is 16.0. The van der Waals surface area contributed by atoms with E-state index in [0.29, 0.717) is 34.5 Å². The summed E-state index contributed by atoms with van der Waals surface area (Å²) in [6, 6.07) is 3.59. The summed E-state index contributed by atoms with van der Waals surface area (Å²) in [6.45, 7) is 2.34. The molecule has 1 aromatic carbocycles. The molecule has 3 aromatic rings. The number of benzene rings is 1. The maximum atomic E-state index is 12.9. The Morgan fingerprint density at radius 2 is 1.82 bits per heavy atom. The molecule has 4 rings (SSSR count). The van der Waals surface area contributed by atoms with Crippen molar-refractivity contribution in [3.05, 3.63) is 28.7 Å². The number of methoxy groups -OCH3 is 2. The Morgan fingerprint density at radius 3 is 2.55 bits per heavy atom. The lowest BCUT2D eigenvalue weighted by atomic mass is 9.89. The molecule has 2 heterocycles. The van der Waals surface area contributed by atoms with Crippen LogP contribution in [0.1, 0.15) is 32.1 Å². The van der Waals surface area contributed by atoms with Crippen LogP contribution in [-0.4, -0.2) is 54.1 Å². The number of carbonyl (C=O) groups excluding carboxylic acids is 1. The quantitative estimate of drug-likeness (QED) is 0.480. The third kappa shape index (κ3) is 4.83. The smallest absolute Gasteiger partial charge is 0.261 e. The van der Waals surface area contributed by atoms with Gasteiger partial charge in [0.2, 0.25) is 5.91 Å². The van der Waals surface area contributed by atoms with Crippen LogP contribution in [0.3, 0.4) is 0 Å². The van der Waals surface area contributed by atoms with Crippen molar-refractivity contribution in [1.82, 2.24) is 25.0 Å². The fourth-order valence-electron chi connectivity index (χ4n) is 4.75. The molecule has 0 bridgehead atoms. The molecule has 0 aliphatic heterocycles. The van der Waals surface area contributed by atoms with Crippen LogP contribution in [0.4, 0.5) is 0 Å². The Bertz CT molecular complexity index is 1190. The maximum Gasteiger partial charge on any atom is 0.261 e. The van der Waals surface area contributed by atoms with Crippen molar-refractivity contribution in [1.29, 1.82) is 0 Å². The molecule has 0 atom stereocenters. The Balaban J connectivity index is 1.48. The van der Waals surface area contributed by atoms with E-state index < -0.39 is 0 Å². The lowest BCUT2D eigenvalue weighted by Crippen LogP contribution is -2.36. The van der Waals surface area contributed by atoms with E-state index in [2.05, 4.69) is 15.7 Å². The molecule has 178 valence electrons. The first kappa shape index (κ1) is 23.1. The highest BCUT2D eigenvalue weighted by Crippen LogP contribution is 2.34. The molecule has 2 aromatic heterocycles. The molecule has 9 heteroatoms. The van der Waals surface area contributed by atoms with Gasteiger partial charge in [-0.15, -0.1) is 0 Å². The third-order valence-corrected chi connectivity index (χ3v) is 6.57. The molecule has 0 unspecified atom stereocenters. The summed E-state index contributed by atoms with van der Waals surface area (Å²) in [5, 5.41) is 12.0. The van der Waals surface area contributed by atoms with Crippen LogP contribution in [0, 0.1) is 5.92 Å². The number of aromatic nitrogens is 3. The van der Waals surface area contributed by atoms with Crippen molar-refractivity contribution < 1.29 is 14.3 Å². The van der Waals surface area contributed by atoms with Gasteiger partial charge in [-0.3, -0.25) is 14.3 Å². The van der Waals surface area contributed by atoms with Gasteiger partial charge in [-0.2, -0.15) is 5.10 Å². The summed E-state index contributed by atoms with van der Waals surface area (Å²) in [4.78, 5) is 25.5. The van der Waals surface area contributed by atoms with Gasteiger partial charge in [0.15, 0.2) is 11.5 Å². The molecule has 33 heavy (non-hydrogen) atoms. The van der Waals surface area contributed by atoms with Gasteiger partial charge in [0.05, 0.1) is 36.8 Å². The van der Waals surface area contributed by atoms with Crippen LogP contribution in [-0.2, 0) is 18.4 Å². The summed E-state index contributed by atoms with van der Waals surface area (Å²) < 4.78 is 14.0. The van der Waals surface area contributed by atoms with Gasteiger partial charge in [-0.05, 0) is 31.4 Å². The maximum absolute atomic E-state index is 12.9. The molecule has 1 aliphatic rings. The monoisotopic (exact) mass is 455 g/mol. The Labute approximate surface area is 193 Å². The summed E-state index contributed by atoms with van der Waals surface area (Å²) in [5.74, 6) is 1.69. The molecule has 2 N–H and O–H groups in total. The van der Waals surface area contributed by atoms with Crippen LogP contribution >= 0.6 is 0 Å². The molecule has 0 saturated heterocycles. The van der Waals surface area contributed by atoms with Gasteiger partial charge in [0.25, 0.3) is 5.56 Å². The van der Waals surface area contributed by atoms with Gasteiger partial charge in [0, 0.05) is 31.6 Å². The largest absolute Gasteiger partial charge is 0.493 e. The van der Waals surface area contributed by atoms with Crippen molar-refractivity contribution in [3.8, 4) is 11.5 Å². The highest BCUT2D eigenvalue weighted by molar-refractivity contribution is 6.05. The number of ether oxygens (including phenoxy) is 2. The fourth-order valence-corrected chi connectivity index (χ4v) is 4.75. The average molecular weight is 456 g/mol. The molecule has 1 amide bonds. The van der Waals surface area contributed by atoms with E-state index in [1.54, 1.807) is 36.6 Å². The van der Waals surface area contributed by atoms with E-state index in [9.17, 15) is 9.59 Å². The Morgan fingerprint density at radius 1 is 1.09 bits per heavy atom. The first-order valence-electron chi connectivity index (χ1n) is 11.6. The SMILES string of the molecule is COc1cc2c3c(cnn3CC(=O)NCCNCC3CCCCC3)c(=O)n(C)c2cc1OC. The van der Waals surface area contributed by atoms with Crippen molar-refractivity contribution in [2.45, 2.75) is 38.6 Å². The van der Waals surface area contributed by atoms with E-state index in [0.717, 1.165) is 24.4 Å². The number of nitrogens with zero attached hydrogens (tertiary/aromatic N) is 3. The number of nitrogens with one attached hydrogen (secondary N) is 2. The van der Waals surface area contributed by atoms with Gasteiger partial charge in [-0.25, -0.2) is 0 Å². The van der Waals surface area contributed by atoms with E-state index in [4.69, 9.17) is 9.47 Å². The number of fused-ring (bicyclic) bond motifs is 3. The number of carbonyl (C=O) groups is 1.